The number of halogens is 1. The molecule has 0 aliphatic heterocycles. The lowest BCUT2D eigenvalue weighted by molar-refractivity contribution is -0.116. The molecule has 1 aromatic heterocycles. The molecule has 7 heteroatoms. The molecule has 170 valence electrons. The van der Waals surface area contributed by atoms with Crippen molar-refractivity contribution >= 4 is 17.9 Å². The quantitative estimate of drug-likeness (QED) is 0.407. The van der Waals surface area contributed by atoms with Crippen LogP contribution in [-0.2, 0) is 11.3 Å². The van der Waals surface area contributed by atoms with Crippen LogP contribution < -0.4 is 10.6 Å². The van der Waals surface area contributed by atoms with Crippen LogP contribution in [0.4, 0.5) is 4.39 Å². The van der Waals surface area contributed by atoms with Gasteiger partial charge in [0.05, 0.1) is 11.4 Å². The Balaban J connectivity index is 1.50. The summed E-state index contributed by atoms with van der Waals surface area (Å²) in [6.07, 6.45) is 4.96. The lowest BCUT2D eigenvalue weighted by atomic mass is 10.1. The fourth-order valence-electron chi connectivity index (χ4n) is 3.39. The monoisotopic (exact) mass is 454 g/mol. The Labute approximate surface area is 196 Å². The van der Waals surface area contributed by atoms with E-state index in [9.17, 15) is 14.0 Å². The summed E-state index contributed by atoms with van der Waals surface area (Å²) < 4.78 is 15.1. The van der Waals surface area contributed by atoms with Crippen LogP contribution in [-0.4, -0.2) is 28.6 Å². The highest BCUT2D eigenvalue weighted by atomic mass is 19.1. The molecule has 2 amide bonds. The number of rotatable bonds is 7. The van der Waals surface area contributed by atoms with Gasteiger partial charge in [0, 0.05) is 42.6 Å². The second-order valence-corrected chi connectivity index (χ2v) is 7.55. The lowest BCUT2D eigenvalue weighted by Gasteiger charge is -2.04. The van der Waals surface area contributed by atoms with Gasteiger partial charge in [0.15, 0.2) is 0 Å². The molecule has 2 N–H and O–H groups in total. The molecule has 0 bridgehead atoms. The van der Waals surface area contributed by atoms with Gasteiger partial charge >= 0.3 is 0 Å². The van der Waals surface area contributed by atoms with E-state index >= 15 is 0 Å². The zero-order chi connectivity index (χ0) is 23.9. The van der Waals surface area contributed by atoms with Gasteiger partial charge in [-0.05, 0) is 60.2 Å². The number of nitrogens with zero attached hydrogens (tertiary/aromatic N) is 2. The van der Waals surface area contributed by atoms with E-state index in [4.69, 9.17) is 0 Å². The van der Waals surface area contributed by atoms with Crippen LogP contribution >= 0.6 is 0 Å². The van der Waals surface area contributed by atoms with Crippen LogP contribution in [0, 0.1) is 5.82 Å². The highest BCUT2D eigenvalue weighted by molar-refractivity contribution is 5.94. The van der Waals surface area contributed by atoms with Crippen molar-refractivity contribution in [3.05, 3.63) is 114 Å². The molecule has 0 atom stereocenters. The third kappa shape index (κ3) is 5.45. The maximum Gasteiger partial charge on any atom is 0.251 e. The number of hydrogen-bond donors (Lipinski definition) is 2. The summed E-state index contributed by atoms with van der Waals surface area (Å²) in [6, 6.07) is 22.7. The number of aromatic nitrogens is 2. The Morgan fingerprint density at radius 2 is 1.68 bits per heavy atom. The molecule has 0 saturated heterocycles. The molecule has 1 heterocycles. The molecule has 0 unspecified atom stereocenters. The fraction of sp³-hybridized carbons (Fsp3) is 0.0741. The summed E-state index contributed by atoms with van der Waals surface area (Å²) in [5.41, 5.74) is 4.40. The van der Waals surface area contributed by atoms with Crippen molar-refractivity contribution in [1.82, 2.24) is 20.4 Å². The molecule has 0 spiro atoms. The van der Waals surface area contributed by atoms with Crippen molar-refractivity contribution in [2.75, 3.05) is 7.05 Å². The number of amides is 2. The van der Waals surface area contributed by atoms with Gasteiger partial charge in [0.25, 0.3) is 5.91 Å². The van der Waals surface area contributed by atoms with Gasteiger partial charge in [-0.15, -0.1) is 0 Å². The minimum atomic E-state index is -0.328. The van der Waals surface area contributed by atoms with E-state index in [0.29, 0.717) is 17.8 Å². The molecule has 0 saturated carbocycles. The zero-order valence-electron chi connectivity index (χ0n) is 18.5. The first kappa shape index (κ1) is 22.7. The zero-order valence-corrected chi connectivity index (χ0v) is 18.5. The first-order chi connectivity index (χ1) is 16.5. The summed E-state index contributed by atoms with van der Waals surface area (Å²) in [5.74, 6) is -0.759. The largest absolute Gasteiger partial charge is 0.355 e. The van der Waals surface area contributed by atoms with Gasteiger partial charge in [-0.25, -0.2) is 9.07 Å². The van der Waals surface area contributed by atoms with E-state index < -0.39 is 0 Å². The van der Waals surface area contributed by atoms with Crippen LogP contribution in [0.15, 0.2) is 91.1 Å². The van der Waals surface area contributed by atoms with E-state index in [0.717, 1.165) is 22.4 Å². The third-order valence-corrected chi connectivity index (χ3v) is 5.21. The van der Waals surface area contributed by atoms with E-state index in [1.165, 1.54) is 18.2 Å². The summed E-state index contributed by atoms with van der Waals surface area (Å²) >= 11 is 0. The van der Waals surface area contributed by atoms with Crippen LogP contribution in [0.2, 0.25) is 0 Å². The van der Waals surface area contributed by atoms with Crippen molar-refractivity contribution in [3.8, 4) is 16.9 Å². The SMILES string of the molecule is CNC(=O)c1ccc(CNC(=O)/C=C/c2cn(-c3ccccc3)nc2-c2ccc(F)cc2)cc1. The molecular formula is C27H23FN4O2. The summed E-state index contributed by atoms with van der Waals surface area (Å²) in [6.45, 7) is 0.325. The number of carbonyl (C=O) groups is 2. The van der Waals surface area contributed by atoms with Crippen LogP contribution in [0.1, 0.15) is 21.5 Å². The van der Waals surface area contributed by atoms with Crippen LogP contribution in [0.5, 0.6) is 0 Å². The number of para-hydroxylation sites is 1. The number of hydrogen-bond acceptors (Lipinski definition) is 3. The smallest absolute Gasteiger partial charge is 0.251 e. The van der Waals surface area contributed by atoms with Gasteiger partial charge in [-0.3, -0.25) is 9.59 Å². The second-order valence-electron chi connectivity index (χ2n) is 7.55. The van der Waals surface area contributed by atoms with Gasteiger partial charge in [-0.2, -0.15) is 5.10 Å². The Kier molecular flexibility index (Phi) is 6.93. The number of benzene rings is 3. The molecular weight excluding hydrogens is 431 g/mol. The van der Waals surface area contributed by atoms with Crippen molar-refractivity contribution in [3.63, 3.8) is 0 Å². The van der Waals surface area contributed by atoms with E-state index in [1.54, 1.807) is 54.2 Å². The second kappa shape index (κ2) is 10.4. The highest BCUT2D eigenvalue weighted by Crippen LogP contribution is 2.25. The van der Waals surface area contributed by atoms with E-state index in [2.05, 4.69) is 15.7 Å². The maximum absolute atomic E-state index is 13.4. The van der Waals surface area contributed by atoms with Gasteiger partial charge < -0.3 is 10.6 Å². The summed E-state index contributed by atoms with van der Waals surface area (Å²) in [4.78, 5) is 24.1. The number of nitrogens with one attached hydrogen (secondary N) is 2. The molecule has 4 rings (SSSR count). The Hall–Kier alpha value is -4.52. The van der Waals surface area contributed by atoms with Crippen molar-refractivity contribution in [2.24, 2.45) is 0 Å². The van der Waals surface area contributed by atoms with Crippen LogP contribution in [0.3, 0.4) is 0 Å². The van der Waals surface area contributed by atoms with Crippen LogP contribution in [0.25, 0.3) is 23.0 Å². The van der Waals surface area contributed by atoms with Crippen molar-refractivity contribution in [1.29, 1.82) is 0 Å². The Bertz CT molecular complexity index is 1310. The number of carbonyl (C=O) groups excluding carboxylic acids is 2. The molecule has 34 heavy (non-hydrogen) atoms. The van der Waals surface area contributed by atoms with Gasteiger partial charge in [0.1, 0.15) is 5.82 Å². The minimum absolute atomic E-state index is 0.161. The minimum Gasteiger partial charge on any atom is -0.355 e. The van der Waals surface area contributed by atoms with Crippen molar-refractivity contribution < 1.29 is 14.0 Å². The van der Waals surface area contributed by atoms with Crippen molar-refractivity contribution in [2.45, 2.75) is 6.54 Å². The normalized spacial score (nSPS) is 10.9. The molecule has 0 aliphatic rings. The average Bonchev–Trinajstić information content (AvgIpc) is 3.31. The van der Waals surface area contributed by atoms with E-state index in [1.807, 2.05) is 36.5 Å². The molecule has 4 aromatic rings. The predicted octanol–water partition coefficient (Wildman–Crippen LogP) is 4.37. The standard InChI is InChI=1S/C27H23FN4O2/c1-29-27(34)21-9-7-19(8-10-21)17-30-25(33)16-13-22-18-32(24-5-3-2-4-6-24)31-26(22)20-11-14-23(28)15-12-20/h2-16,18H,17H2,1H3,(H,29,34)(H,30,33)/b16-13+. The summed E-state index contributed by atoms with van der Waals surface area (Å²) in [7, 11) is 1.58. The third-order valence-electron chi connectivity index (χ3n) is 5.21. The average molecular weight is 455 g/mol. The first-order valence-corrected chi connectivity index (χ1v) is 10.7. The molecule has 0 aliphatic carbocycles. The van der Waals surface area contributed by atoms with Gasteiger partial charge in [0.2, 0.25) is 5.91 Å². The summed E-state index contributed by atoms with van der Waals surface area (Å²) in [5, 5.41) is 10.1. The Morgan fingerprint density at radius 3 is 2.35 bits per heavy atom. The molecule has 0 radical (unpaired) electrons. The topological polar surface area (TPSA) is 76.0 Å². The first-order valence-electron chi connectivity index (χ1n) is 10.7. The van der Waals surface area contributed by atoms with E-state index in [-0.39, 0.29) is 17.6 Å². The fourth-order valence-corrected chi connectivity index (χ4v) is 3.39. The molecule has 6 nitrogen and oxygen atoms in total. The molecule has 0 fully saturated rings. The van der Waals surface area contributed by atoms with Gasteiger partial charge in [-0.1, -0.05) is 30.3 Å². The lowest BCUT2D eigenvalue weighted by Crippen LogP contribution is -2.20. The Morgan fingerprint density at radius 1 is 0.971 bits per heavy atom. The maximum atomic E-state index is 13.4. The molecule has 3 aromatic carbocycles. The highest BCUT2D eigenvalue weighted by Gasteiger charge is 2.11. The predicted molar refractivity (Wildman–Crippen MR) is 130 cm³/mol.